The molecule has 0 radical (unpaired) electrons. The fourth-order valence-electron chi connectivity index (χ4n) is 3.75. The van der Waals surface area contributed by atoms with Crippen molar-refractivity contribution in [3.8, 4) is 16.9 Å². The SMILES string of the molecule is CCCCn1c(C)c(-c2ccc(F)cc2)c2cc(OC(C)(C)C(=O)OCC)ccc21. The summed E-state index contributed by atoms with van der Waals surface area (Å²) in [5.41, 5.74) is 3.14. The fraction of sp³-hybridized carbons (Fsp3) is 0.400. The Labute approximate surface area is 177 Å². The average Bonchev–Trinajstić information content (AvgIpc) is 2.97. The Morgan fingerprint density at radius 3 is 2.43 bits per heavy atom. The number of hydrogen-bond donors (Lipinski definition) is 0. The van der Waals surface area contributed by atoms with E-state index in [-0.39, 0.29) is 5.82 Å². The number of aromatic nitrogens is 1. The number of aryl methyl sites for hydroxylation is 1. The predicted molar refractivity (Wildman–Crippen MR) is 118 cm³/mol. The van der Waals surface area contributed by atoms with Gasteiger partial charge in [-0.1, -0.05) is 25.5 Å². The molecule has 0 aliphatic rings. The predicted octanol–water partition coefficient (Wildman–Crippen LogP) is 6.28. The third kappa shape index (κ3) is 4.35. The Morgan fingerprint density at radius 1 is 1.10 bits per heavy atom. The van der Waals surface area contributed by atoms with E-state index in [0.29, 0.717) is 12.4 Å². The average molecular weight is 412 g/mol. The zero-order valence-corrected chi connectivity index (χ0v) is 18.4. The van der Waals surface area contributed by atoms with E-state index in [1.54, 1.807) is 32.9 Å². The van der Waals surface area contributed by atoms with Gasteiger partial charge in [-0.25, -0.2) is 9.18 Å². The molecule has 0 N–H and O–H groups in total. The number of carbonyl (C=O) groups excluding carboxylic acids is 1. The number of halogens is 1. The van der Waals surface area contributed by atoms with Crippen molar-refractivity contribution in [1.82, 2.24) is 4.57 Å². The molecule has 0 fully saturated rings. The maximum absolute atomic E-state index is 13.5. The first-order valence-corrected chi connectivity index (χ1v) is 10.5. The molecule has 3 aromatic rings. The van der Waals surface area contributed by atoms with Crippen molar-refractivity contribution in [2.75, 3.05) is 6.61 Å². The second-order valence-electron chi connectivity index (χ2n) is 7.98. The Hall–Kier alpha value is -2.82. The summed E-state index contributed by atoms with van der Waals surface area (Å²) < 4.78 is 27.0. The quantitative estimate of drug-likeness (QED) is 0.410. The van der Waals surface area contributed by atoms with Crippen LogP contribution in [0.3, 0.4) is 0 Å². The molecule has 0 amide bonds. The Bertz CT molecular complexity index is 1030. The van der Waals surface area contributed by atoms with Crippen molar-refractivity contribution in [1.29, 1.82) is 0 Å². The number of esters is 1. The minimum Gasteiger partial charge on any atom is -0.476 e. The molecule has 0 bridgehead atoms. The van der Waals surface area contributed by atoms with Crippen LogP contribution in [-0.4, -0.2) is 22.7 Å². The summed E-state index contributed by atoms with van der Waals surface area (Å²) in [6.07, 6.45) is 2.17. The van der Waals surface area contributed by atoms with Gasteiger partial charge in [0.2, 0.25) is 0 Å². The minimum atomic E-state index is -1.10. The lowest BCUT2D eigenvalue weighted by molar-refractivity contribution is -0.158. The van der Waals surface area contributed by atoms with Gasteiger partial charge in [-0.05, 0) is 70.0 Å². The number of fused-ring (bicyclic) bond motifs is 1. The summed E-state index contributed by atoms with van der Waals surface area (Å²) in [6.45, 7) is 10.7. The highest BCUT2D eigenvalue weighted by Crippen LogP contribution is 2.37. The molecule has 5 heteroatoms. The van der Waals surface area contributed by atoms with Gasteiger partial charge in [0, 0.05) is 28.7 Å². The molecular weight excluding hydrogens is 381 g/mol. The summed E-state index contributed by atoms with van der Waals surface area (Å²) in [6, 6.07) is 12.4. The Morgan fingerprint density at radius 2 is 1.80 bits per heavy atom. The lowest BCUT2D eigenvalue weighted by atomic mass is 10.0. The Kier molecular flexibility index (Phi) is 6.49. The van der Waals surface area contributed by atoms with Gasteiger partial charge >= 0.3 is 5.97 Å². The normalized spacial score (nSPS) is 11.7. The fourth-order valence-corrected chi connectivity index (χ4v) is 3.75. The molecule has 0 saturated carbocycles. The molecule has 3 rings (SSSR count). The van der Waals surface area contributed by atoms with Crippen LogP contribution in [0.15, 0.2) is 42.5 Å². The first-order chi connectivity index (χ1) is 14.3. The molecule has 0 aliphatic heterocycles. The summed E-state index contributed by atoms with van der Waals surface area (Å²) in [4.78, 5) is 12.2. The zero-order valence-electron chi connectivity index (χ0n) is 18.4. The molecule has 160 valence electrons. The standard InChI is InChI=1S/C25H30FNO3/c1-6-8-15-27-17(3)23(18-9-11-19(26)12-10-18)21-16-20(13-14-22(21)27)30-25(4,5)24(28)29-7-2/h9-14,16H,6-8,15H2,1-5H3. The molecule has 30 heavy (non-hydrogen) atoms. The van der Waals surface area contributed by atoms with Gasteiger partial charge < -0.3 is 14.0 Å². The van der Waals surface area contributed by atoms with E-state index in [2.05, 4.69) is 18.4 Å². The van der Waals surface area contributed by atoms with Crippen LogP contribution < -0.4 is 4.74 Å². The highest BCUT2D eigenvalue weighted by molar-refractivity contribution is 5.99. The number of carbonyl (C=O) groups is 1. The van der Waals surface area contributed by atoms with Crippen LogP contribution in [0, 0.1) is 12.7 Å². The summed E-state index contributed by atoms with van der Waals surface area (Å²) in [5.74, 6) is -0.0663. The topological polar surface area (TPSA) is 40.5 Å². The van der Waals surface area contributed by atoms with E-state index in [4.69, 9.17) is 9.47 Å². The van der Waals surface area contributed by atoms with Gasteiger partial charge in [0.15, 0.2) is 5.60 Å². The van der Waals surface area contributed by atoms with Crippen LogP contribution in [-0.2, 0) is 16.1 Å². The van der Waals surface area contributed by atoms with E-state index in [1.165, 1.54) is 12.1 Å². The number of nitrogens with zero attached hydrogens (tertiary/aromatic N) is 1. The summed E-state index contributed by atoms with van der Waals surface area (Å²) in [7, 11) is 0. The molecule has 0 atom stereocenters. The number of rotatable bonds is 8. The molecule has 0 spiro atoms. The largest absolute Gasteiger partial charge is 0.476 e. The van der Waals surface area contributed by atoms with E-state index in [0.717, 1.165) is 47.1 Å². The van der Waals surface area contributed by atoms with Gasteiger partial charge in [0.1, 0.15) is 11.6 Å². The molecule has 0 unspecified atom stereocenters. The van der Waals surface area contributed by atoms with Crippen LogP contribution in [0.4, 0.5) is 4.39 Å². The molecule has 0 aliphatic carbocycles. The first kappa shape index (κ1) is 21.9. The van der Waals surface area contributed by atoms with E-state index in [1.807, 2.05) is 18.2 Å². The van der Waals surface area contributed by atoms with E-state index < -0.39 is 11.6 Å². The third-order valence-electron chi connectivity index (χ3n) is 5.30. The van der Waals surface area contributed by atoms with Crippen LogP contribution in [0.2, 0.25) is 0 Å². The maximum atomic E-state index is 13.5. The van der Waals surface area contributed by atoms with Gasteiger partial charge in [-0.3, -0.25) is 0 Å². The van der Waals surface area contributed by atoms with E-state index >= 15 is 0 Å². The highest BCUT2D eigenvalue weighted by atomic mass is 19.1. The van der Waals surface area contributed by atoms with Crippen LogP contribution >= 0.6 is 0 Å². The molecule has 0 saturated heterocycles. The molecule has 2 aromatic carbocycles. The van der Waals surface area contributed by atoms with E-state index in [9.17, 15) is 9.18 Å². The van der Waals surface area contributed by atoms with Gasteiger partial charge in [-0.15, -0.1) is 0 Å². The number of ether oxygens (including phenoxy) is 2. The van der Waals surface area contributed by atoms with Gasteiger partial charge in [0.05, 0.1) is 6.61 Å². The minimum absolute atomic E-state index is 0.258. The zero-order chi connectivity index (χ0) is 21.9. The Balaban J connectivity index is 2.11. The molecule has 1 aromatic heterocycles. The van der Waals surface area contributed by atoms with Crippen LogP contribution in [0.5, 0.6) is 5.75 Å². The lowest BCUT2D eigenvalue weighted by Crippen LogP contribution is -2.39. The first-order valence-electron chi connectivity index (χ1n) is 10.5. The van der Waals surface area contributed by atoms with Crippen molar-refractivity contribution in [2.45, 2.75) is 59.6 Å². The number of benzene rings is 2. The monoisotopic (exact) mass is 411 g/mol. The van der Waals surface area contributed by atoms with Gasteiger partial charge in [0.25, 0.3) is 0 Å². The van der Waals surface area contributed by atoms with Crippen molar-refractivity contribution in [2.24, 2.45) is 0 Å². The van der Waals surface area contributed by atoms with Gasteiger partial charge in [-0.2, -0.15) is 0 Å². The smallest absolute Gasteiger partial charge is 0.349 e. The summed E-state index contributed by atoms with van der Waals surface area (Å²) >= 11 is 0. The number of hydrogen-bond acceptors (Lipinski definition) is 3. The van der Waals surface area contributed by atoms with Crippen LogP contribution in [0.25, 0.3) is 22.0 Å². The van der Waals surface area contributed by atoms with Crippen molar-refractivity contribution in [3.05, 3.63) is 54.0 Å². The third-order valence-corrected chi connectivity index (χ3v) is 5.30. The summed E-state index contributed by atoms with van der Waals surface area (Å²) in [5, 5.41) is 1.02. The van der Waals surface area contributed by atoms with Crippen molar-refractivity contribution < 1.29 is 18.7 Å². The second kappa shape index (κ2) is 8.90. The molecular formula is C25H30FNO3. The lowest BCUT2D eigenvalue weighted by Gasteiger charge is -2.24. The van der Waals surface area contributed by atoms with Crippen molar-refractivity contribution >= 4 is 16.9 Å². The van der Waals surface area contributed by atoms with Crippen LogP contribution in [0.1, 0.15) is 46.2 Å². The molecule has 4 nitrogen and oxygen atoms in total. The molecule has 1 heterocycles. The number of unbranched alkanes of at least 4 members (excludes halogenated alkanes) is 1. The second-order valence-corrected chi connectivity index (χ2v) is 7.98. The maximum Gasteiger partial charge on any atom is 0.349 e. The van der Waals surface area contributed by atoms with Crippen molar-refractivity contribution in [3.63, 3.8) is 0 Å². The highest BCUT2D eigenvalue weighted by Gasteiger charge is 2.32.